The number of nitrogens with one attached hydrogen (secondary N) is 1. The average molecular weight is 337 g/mol. The molecule has 0 amide bonds. The molecule has 9 heteroatoms. The fourth-order valence-electron chi connectivity index (χ4n) is 1.84. The molecule has 0 aromatic heterocycles. The van der Waals surface area contributed by atoms with Crippen molar-refractivity contribution in [2.24, 2.45) is 0 Å². The standard InChI is InChI=1S/C13H21NO3.H2O4S/c1-5-14(6-2)9-10-7-11(16-3)13(15)12(8-10)17-4;1-5(2,3)4/h7-8,15H,5-6,9H2,1-4H3;(H2,1,2,3,4). The summed E-state index contributed by atoms with van der Waals surface area (Å²) >= 11 is 0. The van der Waals surface area contributed by atoms with Crippen molar-refractivity contribution in [1.29, 1.82) is 0 Å². The molecule has 0 heterocycles. The first-order valence-corrected chi connectivity index (χ1v) is 7.98. The Hall–Kier alpha value is -1.55. The summed E-state index contributed by atoms with van der Waals surface area (Å²) in [5, 5.41) is 9.80. The number of ether oxygens (including phenoxy) is 2. The molecule has 1 aromatic carbocycles. The first-order valence-electron chi connectivity index (χ1n) is 6.61. The lowest BCUT2D eigenvalue weighted by molar-refractivity contribution is -0.910. The van der Waals surface area contributed by atoms with E-state index >= 15 is 0 Å². The van der Waals surface area contributed by atoms with Gasteiger partial charge >= 0.3 is 0 Å². The van der Waals surface area contributed by atoms with Gasteiger partial charge in [0.25, 0.3) is 0 Å². The second kappa shape index (κ2) is 9.46. The summed E-state index contributed by atoms with van der Waals surface area (Å²) in [5.41, 5.74) is 1.11. The fraction of sp³-hybridized carbons (Fsp3) is 0.538. The highest BCUT2D eigenvalue weighted by Crippen LogP contribution is 2.36. The Morgan fingerprint density at radius 2 is 1.50 bits per heavy atom. The summed E-state index contributed by atoms with van der Waals surface area (Å²) in [5.74, 6) is 0.991. The number of benzene rings is 1. The first-order chi connectivity index (χ1) is 10.2. The summed E-state index contributed by atoms with van der Waals surface area (Å²) in [4.78, 5) is 1.47. The van der Waals surface area contributed by atoms with Gasteiger partial charge in [0.05, 0.1) is 27.3 Å². The van der Waals surface area contributed by atoms with E-state index in [1.165, 1.54) is 4.90 Å². The quantitative estimate of drug-likeness (QED) is 0.487. The molecular weight excluding hydrogens is 314 g/mol. The van der Waals surface area contributed by atoms with E-state index < -0.39 is 10.4 Å². The lowest BCUT2D eigenvalue weighted by Crippen LogP contribution is -3.10. The van der Waals surface area contributed by atoms with Gasteiger partial charge in [-0.15, -0.1) is 0 Å². The monoisotopic (exact) mass is 337 g/mol. The molecule has 128 valence electrons. The van der Waals surface area contributed by atoms with E-state index in [9.17, 15) is 5.11 Å². The van der Waals surface area contributed by atoms with Crippen LogP contribution in [0.3, 0.4) is 0 Å². The molecule has 8 nitrogen and oxygen atoms in total. The largest absolute Gasteiger partial charge is 0.726 e. The molecule has 0 bridgehead atoms. The lowest BCUT2D eigenvalue weighted by Gasteiger charge is -2.17. The van der Waals surface area contributed by atoms with Crippen molar-refractivity contribution in [2.45, 2.75) is 20.4 Å². The van der Waals surface area contributed by atoms with Crippen molar-refractivity contribution in [2.75, 3.05) is 27.3 Å². The zero-order chi connectivity index (χ0) is 17.3. The maximum absolute atomic E-state index is 9.80. The molecule has 0 spiro atoms. The molecule has 0 aliphatic carbocycles. The van der Waals surface area contributed by atoms with Gasteiger partial charge < -0.3 is 24.0 Å². The number of phenols is 1. The van der Waals surface area contributed by atoms with Crippen LogP contribution >= 0.6 is 0 Å². The molecule has 0 radical (unpaired) electrons. The predicted octanol–water partition coefficient (Wildman–Crippen LogP) is -0.161. The van der Waals surface area contributed by atoms with E-state index in [0.29, 0.717) is 11.5 Å². The summed E-state index contributed by atoms with van der Waals surface area (Å²) in [6, 6.07) is 3.73. The molecule has 0 fully saturated rings. The van der Waals surface area contributed by atoms with Crippen LogP contribution < -0.4 is 14.4 Å². The molecule has 1 rings (SSSR count). The van der Waals surface area contributed by atoms with E-state index in [1.54, 1.807) is 14.2 Å². The van der Waals surface area contributed by atoms with Gasteiger partial charge in [-0.1, -0.05) is 0 Å². The number of quaternary nitrogens is 1. The summed E-state index contributed by atoms with van der Waals surface area (Å²) < 4.78 is 43.1. The third-order valence-electron chi connectivity index (χ3n) is 2.99. The van der Waals surface area contributed by atoms with Crippen LogP contribution in [-0.4, -0.2) is 49.9 Å². The Morgan fingerprint density at radius 3 is 1.77 bits per heavy atom. The van der Waals surface area contributed by atoms with Crippen molar-refractivity contribution in [3.05, 3.63) is 17.7 Å². The average Bonchev–Trinajstić information content (AvgIpc) is 2.44. The molecule has 0 aliphatic rings. The Morgan fingerprint density at radius 1 is 1.14 bits per heavy atom. The predicted molar refractivity (Wildman–Crippen MR) is 79.3 cm³/mol. The van der Waals surface area contributed by atoms with Crippen LogP contribution in [0, 0.1) is 0 Å². The van der Waals surface area contributed by atoms with Gasteiger partial charge in [-0.2, -0.15) is 0 Å². The van der Waals surface area contributed by atoms with Gasteiger partial charge in [0, 0.05) is 5.56 Å². The molecule has 0 aliphatic heterocycles. The second-order valence-electron chi connectivity index (χ2n) is 4.41. The van der Waals surface area contributed by atoms with Crippen LogP contribution in [-0.2, 0) is 16.9 Å². The van der Waals surface area contributed by atoms with Gasteiger partial charge in [0.2, 0.25) is 16.1 Å². The Kier molecular flexibility index (Phi) is 8.80. The lowest BCUT2D eigenvalue weighted by atomic mass is 10.1. The number of hydrogen-bond donors (Lipinski definition) is 3. The SMILES string of the molecule is CC[NH+](CC)Cc1cc(OC)c(O)c(OC)c1.O=S(=O)([O-])O. The highest BCUT2D eigenvalue weighted by Gasteiger charge is 2.13. The smallest absolute Gasteiger partial charge is 0.215 e. The fourth-order valence-corrected chi connectivity index (χ4v) is 1.84. The topological polar surface area (TPSA) is 121 Å². The number of rotatable bonds is 6. The van der Waals surface area contributed by atoms with Crippen LogP contribution in [0.1, 0.15) is 19.4 Å². The Bertz CT molecular complexity index is 523. The van der Waals surface area contributed by atoms with E-state index in [4.69, 9.17) is 27.0 Å². The van der Waals surface area contributed by atoms with Crippen molar-refractivity contribution in [3.63, 3.8) is 0 Å². The van der Waals surface area contributed by atoms with Crippen LogP contribution in [0.5, 0.6) is 17.2 Å². The minimum absolute atomic E-state index is 0.0632. The molecule has 3 N–H and O–H groups in total. The van der Waals surface area contributed by atoms with Gasteiger partial charge in [0.1, 0.15) is 6.54 Å². The summed E-state index contributed by atoms with van der Waals surface area (Å²) in [7, 11) is -1.83. The van der Waals surface area contributed by atoms with Crippen LogP contribution in [0.4, 0.5) is 0 Å². The first kappa shape index (κ1) is 20.5. The number of hydrogen-bond acceptors (Lipinski definition) is 6. The van der Waals surface area contributed by atoms with Crippen molar-refractivity contribution < 1.29 is 37.0 Å². The van der Waals surface area contributed by atoms with Crippen LogP contribution in [0.25, 0.3) is 0 Å². The van der Waals surface area contributed by atoms with E-state index in [2.05, 4.69) is 13.8 Å². The molecule has 0 atom stereocenters. The minimum Gasteiger partial charge on any atom is -0.726 e. The summed E-state index contributed by atoms with van der Waals surface area (Å²) in [6.07, 6.45) is 0. The van der Waals surface area contributed by atoms with Gasteiger partial charge in [0.15, 0.2) is 11.5 Å². The van der Waals surface area contributed by atoms with E-state index in [1.807, 2.05) is 12.1 Å². The van der Waals surface area contributed by atoms with Crippen LogP contribution in [0.15, 0.2) is 12.1 Å². The molecule has 0 unspecified atom stereocenters. The van der Waals surface area contributed by atoms with Crippen molar-refractivity contribution in [1.82, 2.24) is 0 Å². The molecule has 0 saturated carbocycles. The van der Waals surface area contributed by atoms with Crippen LogP contribution in [0.2, 0.25) is 0 Å². The number of methoxy groups -OCH3 is 2. The molecule has 22 heavy (non-hydrogen) atoms. The number of phenolic OH excluding ortho intramolecular Hbond substituents is 1. The minimum atomic E-state index is -4.92. The highest BCUT2D eigenvalue weighted by molar-refractivity contribution is 7.79. The molecular formula is C13H23NO7S. The van der Waals surface area contributed by atoms with Gasteiger partial charge in [-0.3, -0.25) is 4.55 Å². The van der Waals surface area contributed by atoms with Crippen molar-refractivity contribution >= 4 is 10.4 Å². The van der Waals surface area contributed by atoms with Gasteiger partial charge in [-0.05, 0) is 26.0 Å². The third kappa shape index (κ3) is 8.03. The Labute approximate surface area is 130 Å². The normalized spacial score (nSPS) is 10.9. The maximum Gasteiger partial charge on any atom is 0.215 e. The maximum atomic E-state index is 9.80. The molecule has 0 saturated heterocycles. The summed E-state index contributed by atoms with van der Waals surface area (Å²) in [6.45, 7) is 7.37. The van der Waals surface area contributed by atoms with E-state index in [0.717, 1.165) is 25.2 Å². The zero-order valence-electron chi connectivity index (χ0n) is 13.1. The number of aromatic hydroxyl groups is 1. The highest BCUT2D eigenvalue weighted by atomic mass is 32.3. The van der Waals surface area contributed by atoms with E-state index in [-0.39, 0.29) is 5.75 Å². The van der Waals surface area contributed by atoms with Gasteiger partial charge in [-0.25, -0.2) is 8.42 Å². The third-order valence-corrected chi connectivity index (χ3v) is 2.99. The second-order valence-corrected chi connectivity index (χ2v) is 5.27. The van der Waals surface area contributed by atoms with Crippen molar-refractivity contribution in [3.8, 4) is 17.2 Å². The Balaban J connectivity index is 0.000000763. The zero-order valence-corrected chi connectivity index (χ0v) is 13.9. The molecule has 1 aromatic rings.